The monoisotopic (exact) mass is 256 g/mol. The predicted octanol–water partition coefficient (Wildman–Crippen LogP) is 1.56. The summed E-state index contributed by atoms with van der Waals surface area (Å²) in [5.41, 5.74) is 4.99. The molecule has 1 amide bonds. The van der Waals surface area contributed by atoms with Gasteiger partial charge in [0, 0.05) is 12.0 Å². The Kier molecular flexibility index (Phi) is 5.17. The molecule has 1 saturated carbocycles. The van der Waals surface area contributed by atoms with E-state index < -0.39 is 5.54 Å². The van der Waals surface area contributed by atoms with Crippen LogP contribution in [0.25, 0.3) is 0 Å². The van der Waals surface area contributed by atoms with Gasteiger partial charge >= 0.3 is 0 Å². The van der Waals surface area contributed by atoms with Crippen LogP contribution >= 0.6 is 0 Å². The van der Waals surface area contributed by atoms with E-state index in [-0.39, 0.29) is 17.4 Å². The topological polar surface area (TPSA) is 75.4 Å². The van der Waals surface area contributed by atoms with Gasteiger partial charge in [0.15, 0.2) is 0 Å². The lowest BCUT2D eigenvalue weighted by atomic mass is 9.73. The number of carbonyl (C=O) groups excluding carboxylic acids is 1. The van der Waals surface area contributed by atoms with Gasteiger partial charge in [0.1, 0.15) is 0 Å². The molecule has 4 heteroatoms. The number of nitrogens with one attached hydrogen (secondary N) is 1. The zero-order chi connectivity index (χ0) is 13.8. The fourth-order valence-corrected chi connectivity index (χ4v) is 2.70. The van der Waals surface area contributed by atoms with Crippen molar-refractivity contribution in [3.8, 4) is 0 Å². The smallest absolute Gasteiger partial charge is 0.239 e. The van der Waals surface area contributed by atoms with Gasteiger partial charge in [-0.1, -0.05) is 33.1 Å². The first-order valence-corrected chi connectivity index (χ1v) is 7.07. The minimum atomic E-state index is -0.801. The highest BCUT2D eigenvalue weighted by molar-refractivity contribution is 5.85. The quantitative estimate of drug-likeness (QED) is 0.699. The third kappa shape index (κ3) is 3.69. The number of rotatable bonds is 5. The maximum Gasteiger partial charge on any atom is 0.239 e. The van der Waals surface area contributed by atoms with Crippen LogP contribution in [0.15, 0.2) is 0 Å². The number of hydrogen-bond acceptors (Lipinski definition) is 3. The van der Waals surface area contributed by atoms with Crippen molar-refractivity contribution in [2.75, 3.05) is 6.54 Å². The molecule has 1 fully saturated rings. The molecule has 3 unspecified atom stereocenters. The summed E-state index contributed by atoms with van der Waals surface area (Å²) in [5.74, 6) is -0.108. The lowest BCUT2D eigenvalue weighted by Gasteiger charge is -2.39. The van der Waals surface area contributed by atoms with Gasteiger partial charge < -0.3 is 16.2 Å². The molecule has 0 aromatic carbocycles. The van der Waals surface area contributed by atoms with Crippen molar-refractivity contribution in [3.63, 3.8) is 0 Å². The molecule has 0 saturated heterocycles. The van der Waals surface area contributed by atoms with Crippen LogP contribution in [0.3, 0.4) is 0 Å². The van der Waals surface area contributed by atoms with Gasteiger partial charge in [0.2, 0.25) is 5.91 Å². The second-order valence-corrected chi connectivity index (χ2v) is 6.27. The Morgan fingerprint density at radius 2 is 2.22 bits per heavy atom. The number of aliphatic hydroxyl groups is 1. The van der Waals surface area contributed by atoms with E-state index in [0.717, 1.165) is 32.1 Å². The minimum absolute atomic E-state index is 0.108. The van der Waals surface area contributed by atoms with Crippen molar-refractivity contribution in [2.45, 2.75) is 70.9 Å². The van der Waals surface area contributed by atoms with Gasteiger partial charge in [0.05, 0.1) is 11.6 Å². The average Bonchev–Trinajstić information content (AvgIpc) is 2.30. The Labute approximate surface area is 110 Å². The Morgan fingerprint density at radius 1 is 1.56 bits per heavy atom. The second kappa shape index (κ2) is 6.02. The van der Waals surface area contributed by atoms with Crippen molar-refractivity contribution in [3.05, 3.63) is 0 Å². The molecule has 0 radical (unpaired) electrons. The van der Waals surface area contributed by atoms with Crippen LogP contribution in [-0.2, 0) is 4.79 Å². The molecule has 106 valence electrons. The van der Waals surface area contributed by atoms with E-state index in [9.17, 15) is 9.90 Å². The third-order valence-electron chi connectivity index (χ3n) is 4.22. The Balaban J connectivity index is 2.51. The van der Waals surface area contributed by atoms with Crippen molar-refractivity contribution >= 4 is 5.91 Å². The van der Waals surface area contributed by atoms with Crippen molar-refractivity contribution in [1.29, 1.82) is 0 Å². The highest BCUT2D eigenvalue weighted by atomic mass is 16.3. The van der Waals surface area contributed by atoms with Crippen molar-refractivity contribution in [2.24, 2.45) is 11.1 Å². The maximum atomic E-state index is 12.0. The molecule has 1 aliphatic carbocycles. The molecular weight excluding hydrogens is 228 g/mol. The summed E-state index contributed by atoms with van der Waals surface area (Å²) in [6.07, 6.45) is 5.25. The van der Waals surface area contributed by atoms with Gasteiger partial charge in [-0.2, -0.15) is 0 Å². The van der Waals surface area contributed by atoms with E-state index in [0.29, 0.717) is 13.0 Å². The molecule has 0 spiro atoms. The van der Waals surface area contributed by atoms with E-state index in [2.05, 4.69) is 5.32 Å². The maximum absolute atomic E-state index is 12.0. The highest BCUT2D eigenvalue weighted by Gasteiger charge is 2.37. The van der Waals surface area contributed by atoms with Gasteiger partial charge in [-0.3, -0.25) is 4.79 Å². The second-order valence-electron chi connectivity index (χ2n) is 6.27. The van der Waals surface area contributed by atoms with Crippen molar-refractivity contribution in [1.82, 2.24) is 5.32 Å². The van der Waals surface area contributed by atoms with Crippen molar-refractivity contribution < 1.29 is 9.90 Å². The zero-order valence-electron chi connectivity index (χ0n) is 12.0. The molecule has 3 atom stereocenters. The SMILES string of the molecule is CCCC(C)(N)C(=O)NCC1(C)CCCCC1O. The van der Waals surface area contributed by atoms with Crippen LogP contribution in [0, 0.1) is 5.41 Å². The van der Waals surface area contributed by atoms with E-state index in [1.165, 1.54) is 0 Å². The molecule has 0 heterocycles. The standard InChI is InChI=1S/C14H28N2O2/c1-4-8-14(3,15)12(18)16-10-13(2)9-6-5-7-11(13)17/h11,17H,4-10,15H2,1-3H3,(H,16,18). The minimum Gasteiger partial charge on any atom is -0.392 e. The lowest BCUT2D eigenvalue weighted by molar-refractivity contribution is -0.127. The molecule has 4 N–H and O–H groups in total. The van der Waals surface area contributed by atoms with E-state index >= 15 is 0 Å². The summed E-state index contributed by atoms with van der Waals surface area (Å²) >= 11 is 0. The summed E-state index contributed by atoms with van der Waals surface area (Å²) in [6, 6.07) is 0. The van der Waals surface area contributed by atoms with Gasteiger partial charge in [-0.25, -0.2) is 0 Å². The summed E-state index contributed by atoms with van der Waals surface area (Å²) < 4.78 is 0. The summed E-state index contributed by atoms with van der Waals surface area (Å²) in [7, 11) is 0. The Morgan fingerprint density at radius 3 is 2.78 bits per heavy atom. The van der Waals surface area contributed by atoms with E-state index in [1.807, 2.05) is 13.8 Å². The predicted molar refractivity (Wildman–Crippen MR) is 73.1 cm³/mol. The fourth-order valence-electron chi connectivity index (χ4n) is 2.70. The zero-order valence-corrected chi connectivity index (χ0v) is 12.0. The molecule has 1 aliphatic rings. The fraction of sp³-hybridized carbons (Fsp3) is 0.929. The largest absolute Gasteiger partial charge is 0.392 e. The summed E-state index contributed by atoms with van der Waals surface area (Å²) in [6.45, 7) is 6.35. The molecule has 0 aromatic heterocycles. The number of aliphatic hydroxyl groups excluding tert-OH is 1. The molecule has 18 heavy (non-hydrogen) atoms. The first-order chi connectivity index (χ1) is 8.32. The normalized spacial score (nSPS) is 31.7. The van der Waals surface area contributed by atoms with E-state index in [1.54, 1.807) is 6.92 Å². The van der Waals surface area contributed by atoms with Crippen LogP contribution in [0.4, 0.5) is 0 Å². The molecule has 0 bridgehead atoms. The van der Waals surface area contributed by atoms with Gasteiger partial charge in [-0.05, 0) is 26.2 Å². The Bertz CT molecular complexity index is 292. The number of carbonyl (C=O) groups is 1. The molecular formula is C14H28N2O2. The van der Waals surface area contributed by atoms with Gasteiger partial charge in [-0.15, -0.1) is 0 Å². The highest BCUT2D eigenvalue weighted by Crippen LogP contribution is 2.35. The summed E-state index contributed by atoms with van der Waals surface area (Å²) in [4.78, 5) is 12.0. The van der Waals surface area contributed by atoms with Crippen LogP contribution in [0.5, 0.6) is 0 Å². The summed E-state index contributed by atoms with van der Waals surface area (Å²) in [5, 5.41) is 13.0. The Hall–Kier alpha value is -0.610. The number of amides is 1. The lowest BCUT2D eigenvalue weighted by Crippen LogP contribution is -2.55. The number of hydrogen-bond donors (Lipinski definition) is 3. The number of nitrogens with two attached hydrogens (primary N) is 1. The molecule has 4 nitrogen and oxygen atoms in total. The molecule has 1 rings (SSSR count). The van der Waals surface area contributed by atoms with Crippen LogP contribution in [0.2, 0.25) is 0 Å². The third-order valence-corrected chi connectivity index (χ3v) is 4.22. The first kappa shape index (κ1) is 15.4. The van der Waals surface area contributed by atoms with Gasteiger partial charge in [0.25, 0.3) is 0 Å². The average molecular weight is 256 g/mol. The van der Waals surface area contributed by atoms with E-state index in [4.69, 9.17) is 5.73 Å². The first-order valence-electron chi connectivity index (χ1n) is 7.07. The van der Waals surface area contributed by atoms with Crippen LogP contribution in [0.1, 0.15) is 59.3 Å². The molecule has 0 aromatic rings. The molecule has 0 aliphatic heterocycles. The van der Waals surface area contributed by atoms with Crippen LogP contribution < -0.4 is 11.1 Å². The van der Waals surface area contributed by atoms with Crippen LogP contribution in [-0.4, -0.2) is 29.2 Å².